The zero-order valence-corrected chi connectivity index (χ0v) is 14.2. The van der Waals surface area contributed by atoms with Gasteiger partial charge in [-0.3, -0.25) is 0 Å². The minimum Gasteiger partial charge on any atom is -0.330 e. The smallest absolute Gasteiger partial charge is 0.0139 e. The first-order chi connectivity index (χ1) is 9.90. The van der Waals surface area contributed by atoms with Crippen molar-refractivity contribution in [2.75, 3.05) is 20.1 Å². The van der Waals surface area contributed by atoms with Crippen LogP contribution >= 0.6 is 0 Å². The van der Waals surface area contributed by atoms with Crippen molar-refractivity contribution in [3.8, 4) is 0 Å². The predicted octanol–water partition coefficient (Wildman–Crippen LogP) is 3.88. The molecule has 2 rings (SSSR count). The Balaban J connectivity index is 2.09. The van der Waals surface area contributed by atoms with E-state index in [1.807, 2.05) is 0 Å². The summed E-state index contributed by atoms with van der Waals surface area (Å²) >= 11 is 0. The van der Waals surface area contributed by atoms with Gasteiger partial charge in [-0.05, 0) is 55.7 Å². The van der Waals surface area contributed by atoms with Crippen molar-refractivity contribution in [1.82, 2.24) is 4.90 Å². The average Bonchev–Trinajstić information content (AvgIpc) is 2.45. The molecule has 1 aliphatic rings. The van der Waals surface area contributed by atoms with E-state index in [1.165, 1.54) is 24.8 Å². The second-order valence-electron chi connectivity index (χ2n) is 7.96. The Labute approximate surface area is 130 Å². The van der Waals surface area contributed by atoms with Gasteiger partial charge >= 0.3 is 0 Å². The summed E-state index contributed by atoms with van der Waals surface area (Å²) in [5.41, 5.74) is 7.90. The quantitative estimate of drug-likeness (QED) is 0.911. The monoisotopic (exact) mass is 288 g/mol. The molecule has 2 nitrogen and oxygen atoms in total. The van der Waals surface area contributed by atoms with Crippen LogP contribution in [0.1, 0.15) is 51.5 Å². The van der Waals surface area contributed by atoms with Gasteiger partial charge in [-0.1, -0.05) is 51.1 Å². The fourth-order valence-electron chi connectivity index (χ4n) is 3.92. The van der Waals surface area contributed by atoms with Crippen LogP contribution in [-0.2, 0) is 0 Å². The second-order valence-corrected chi connectivity index (χ2v) is 7.96. The van der Waals surface area contributed by atoms with Crippen LogP contribution in [0.25, 0.3) is 0 Å². The van der Waals surface area contributed by atoms with Crippen LogP contribution in [0.2, 0.25) is 0 Å². The van der Waals surface area contributed by atoms with E-state index in [-0.39, 0.29) is 0 Å². The molecule has 0 amide bonds. The largest absolute Gasteiger partial charge is 0.330 e. The van der Waals surface area contributed by atoms with Crippen molar-refractivity contribution in [3.05, 3.63) is 35.9 Å². The number of rotatable bonds is 4. The Kier molecular flexibility index (Phi) is 5.45. The fraction of sp³-hybridized carbons (Fsp3) is 0.684. The van der Waals surface area contributed by atoms with E-state index < -0.39 is 0 Å². The molecular weight excluding hydrogens is 256 g/mol. The SMILES string of the molecule is CN(CC(C)(C)C)C1CC(c2ccccc2)CCC1CN. The van der Waals surface area contributed by atoms with E-state index in [2.05, 4.69) is 63.1 Å². The van der Waals surface area contributed by atoms with Gasteiger partial charge in [0.25, 0.3) is 0 Å². The first-order valence-electron chi connectivity index (χ1n) is 8.36. The van der Waals surface area contributed by atoms with Gasteiger partial charge in [-0.25, -0.2) is 0 Å². The van der Waals surface area contributed by atoms with E-state index in [0.29, 0.717) is 23.3 Å². The number of benzene rings is 1. The predicted molar refractivity (Wildman–Crippen MR) is 91.5 cm³/mol. The van der Waals surface area contributed by atoms with Crippen molar-refractivity contribution < 1.29 is 0 Å². The van der Waals surface area contributed by atoms with Gasteiger partial charge < -0.3 is 10.6 Å². The minimum atomic E-state index is 0.341. The third-order valence-electron chi connectivity index (χ3n) is 4.82. The van der Waals surface area contributed by atoms with Gasteiger partial charge in [0.05, 0.1) is 0 Å². The molecule has 2 heteroatoms. The molecule has 0 spiro atoms. The molecule has 0 aromatic heterocycles. The molecule has 21 heavy (non-hydrogen) atoms. The third kappa shape index (κ3) is 4.55. The second kappa shape index (κ2) is 6.93. The van der Waals surface area contributed by atoms with Crippen LogP contribution in [-0.4, -0.2) is 31.1 Å². The lowest BCUT2D eigenvalue weighted by Crippen LogP contribution is -2.47. The van der Waals surface area contributed by atoms with Crippen molar-refractivity contribution in [2.24, 2.45) is 17.1 Å². The highest BCUT2D eigenvalue weighted by molar-refractivity contribution is 5.20. The highest BCUT2D eigenvalue weighted by Crippen LogP contribution is 2.38. The maximum Gasteiger partial charge on any atom is 0.0139 e. The normalized spacial score (nSPS) is 27.0. The fourth-order valence-corrected chi connectivity index (χ4v) is 3.92. The lowest BCUT2D eigenvalue weighted by Gasteiger charge is -2.43. The summed E-state index contributed by atoms with van der Waals surface area (Å²) in [5.74, 6) is 1.35. The summed E-state index contributed by atoms with van der Waals surface area (Å²) in [7, 11) is 2.28. The molecule has 0 bridgehead atoms. The van der Waals surface area contributed by atoms with Crippen LogP contribution in [0.5, 0.6) is 0 Å². The molecule has 1 aromatic rings. The first kappa shape index (κ1) is 16.5. The highest BCUT2D eigenvalue weighted by atomic mass is 15.1. The lowest BCUT2D eigenvalue weighted by atomic mass is 9.74. The molecule has 1 fully saturated rings. The Morgan fingerprint density at radius 2 is 1.81 bits per heavy atom. The first-order valence-corrected chi connectivity index (χ1v) is 8.36. The number of nitrogens with zero attached hydrogens (tertiary/aromatic N) is 1. The molecule has 3 atom stereocenters. The van der Waals surface area contributed by atoms with E-state index in [0.717, 1.165) is 13.1 Å². The van der Waals surface area contributed by atoms with Gasteiger partial charge in [0.1, 0.15) is 0 Å². The summed E-state index contributed by atoms with van der Waals surface area (Å²) in [6.45, 7) is 8.91. The molecule has 1 aromatic carbocycles. The molecule has 1 saturated carbocycles. The topological polar surface area (TPSA) is 29.3 Å². The lowest BCUT2D eigenvalue weighted by molar-refractivity contribution is 0.0911. The van der Waals surface area contributed by atoms with Gasteiger partial charge in [0, 0.05) is 12.6 Å². The summed E-state index contributed by atoms with van der Waals surface area (Å²) in [4.78, 5) is 2.56. The Morgan fingerprint density at radius 3 is 2.38 bits per heavy atom. The molecule has 2 N–H and O–H groups in total. The Bertz CT molecular complexity index is 421. The number of hydrogen-bond acceptors (Lipinski definition) is 2. The summed E-state index contributed by atoms with van der Waals surface area (Å²) in [5, 5.41) is 0. The van der Waals surface area contributed by atoms with Gasteiger partial charge in [-0.2, -0.15) is 0 Å². The zero-order valence-electron chi connectivity index (χ0n) is 14.2. The molecule has 0 saturated heterocycles. The maximum atomic E-state index is 6.05. The highest BCUT2D eigenvalue weighted by Gasteiger charge is 2.33. The number of hydrogen-bond donors (Lipinski definition) is 1. The molecule has 0 aliphatic heterocycles. The Hall–Kier alpha value is -0.860. The standard InChI is InChI=1S/C19H32N2/c1-19(2,3)14-21(4)18-12-16(10-11-17(18)13-20)15-8-6-5-7-9-15/h5-9,16-18H,10-14,20H2,1-4H3. The number of nitrogens with two attached hydrogens (primary N) is 1. The molecule has 3 unspecified atom stereocenters. The zero-order chi connectivity index (χ0) is 15.5. The van der Waals surface area contributed by atoms with Crippen molar-refractivity contribution in [2.45, 2.75) is 52.0 Å². The summed E-state index contributed by atoms with van der Waals surface area (Å²) < 4.78 is 0. The van der Waals surface area contributed by atoms with E-state index in [1.54, 1.807) is 0 Å². The Morgan fingerprint density at radius 1 is 1.14 bits per heavy atom. The molecule has 0 radical (unpaired) electrons. The van der Waals surface area contributed by atoms with Crippen LogP contribution in [0.3, 0.4) is 0 Å². The van der Waals surface area contributed by atoms with Gasteiger partial charge in [-0.15, -0.1) is 0 Å². The van der Waals surface area contributed by atoms with Crippen LogP contribution in [0, 0.1) is 11.3 Å². The van der Waals surface area contributed by atoms with Crippen molar-refractivity contribution in [1.29, 1.82) is 0 Å². The molecule has 118 valence electrons. The van der Waals surface area contributed by atoms with Crippen LogP contribution < -0.4 is 5.73 Å². The summed E-state index contributed by atoms with van der Waals surface area (Å²) in [6.07, 6.45) is 3.79. The van der Waals surface area contributed by atoms with Gasteiger partial charge in [0.2, 0.25) is 0 Å². The molecule has 0 heterocycles. The van der Waals surface area contributed by atoms with E-state index in [9.17, 15) is 0 Å². The maximum absolute atomic E-state index is 6.05. The van der Waals surface area contributed by atoms with Crippen molar-refractivity contribution >= 4 is 0 Å². The summed E-state index contributed by atoms with van der Waals surface area (Å²) in [6, 6.07) is 11.6. The van der Waals surface area contributed by atoms with E-state index in [4.69, 9.17) is 5.73 Å². The molecular formula is C19H32N2. The van der Waals surface area contributed by atoms with Crippen molar-refractivity contribution in [3.63, 3.8) is 0 Å². The average molecular weight is 288 g/mol. The van der Waals surface area contributed by atoms with Gasteiger partial charge in [0.15, 0.2) is 0 Å². The van der Waals surface area contributed by atoms with E-state index >= 15 is 0 Å². The third-order valence-corrected chi connectivity index (χ3v) is 4.82. The van der Waals surface area contributed by atoms with Crippen LogP contribution in [0.15, 0.2) is 30.3 Å². The molecule has 1 aliphatic carbocycles. The van der Waals surface area contributed by atoms with Crippen LogP contribution in [0.4, 0.5) is 0 Å². The minimum absolute atomic E-state index is 0.341.